The smallest absolute Gasteiger partial charge is 0.162 e. The summed E-state index contributed by atoms with van der Waals surface area (Å²) in [5.41, 5.74) is 5.86. The highest BCUT2D eigenvalue weighted by atomic mass is 19.2. The van der Waals surface area contributed by atoms with E-state index < -0.39 is 11.6 Å². The van der Waals surface area contributed by atoms with Gasteiger partial charge in [-0.1, -0.05) is 12.1 Å². The summed E-state index contributed by atoms with van der Waals surface area (Å²) < 4.78 is 26.3. The lowest BCUT2D eigenvalue weighted by atomic mass is 9.96. The van der Waals surface area contributed by atoms with Gasteiger partial charge in [0.15, 0.2) is 11.6 Å². The third-order valence-corrected chi connectivity index (χ3v) is 3.32. The van der Waals surface area contributed by atoms with Crippen LogP contribution in [0.4, 0.5) is 8.78 Å². The third kappa shape index (κ3) is 2.69. The molecular weight excluding hydrogens is 224 g/mol. The lowest BCUT2D eigenvalue weighted by molar-refractivity contribution is -0.122. The number of benzene rings is 1. The highest BCUT2D eigenvalue weighted by Crippen LogP contribution is 2.26. The number of hydrogen-bond donors (Lipinski definition) is 1. The Kier molecular flexibility index (Phi) is 3.52. The molecule has 1 fully saturated rings. The second kappa shape index (κ2) is 4.92. The SMILES string of the molecule is NC1CCC(C(=O)Cc2cccc(F)c2F)C1. The first-order chi connectivity index (χ1) is 8.08. The summed E-state index contributed by atoms with van der Waals surface area (Å²) in [5.74, 6) is -1.95. The van der Waals surface area contributed by atoms with Gasteiger partial charge in [0.25, 0.3) is 0 Å². The Balaban J connectivity index is 2.06. The summed E-state index contributed by atoms with van der Waals surface area (Å²) in [6.07, 6.45) is 2.22. The average molecular weight is 239 g/mol. The molecule has 1 aliphatic carbocycles. The largest absolute Gasteiger partial charge is 0.328 e. The topological polar surface area (TPSA) is 43.1 Å². The monoisotopic (exact) mass is 239 g/mol. The number of carbonyl (C=O) groups excluding carboxylic acids is 1. The molecule has 0 saturated heterocycles. The Morgan fingerprint density at radius 1 is 1.35 bits per heavy atom. The van der Waals surface area contributed by atoms with Crippen LogP contribution >= 0.6 is 0 Å². The molecule has 0 aliphatic heterocycles. The van der Waals surface area contributed by atoms with Gasteiger partial charge in [-0.15, -0.1) is 0 Å². The maximum Gasteiger partial charge on any atom is 0.162 e. The van der Waals surface area contributed by atoms with Gasteiger partial charge in [-0.2, -0.15) is 0 Å². The second-order valence-corrected chi connectivity index (χ2v) is 4.63. The van der Waals surface area contributed by atoms with Crippen molar-refractivity contribution in [2.45, 2.75) is 31.7 Å². The molecule has 1 saturated carbocycles. The molecule has 0 heterocycles. The normalized spacial score (nSPS) is 23.9. The molecule has 0 bridgehead atoms. The standard InChI is InChI=1S/C13H15F2NO/c14-11-3-1-2-9(13(11)15)7-12(17)8-4-5-10(16)6-8/h1-3,8,10H,4-7,16H2. The van der Waals surface area contributed by atoms with Crippen molar-refractivity contribution in [2.75, 3.05) is 0 Å². The van der Waals surface area contributed by atoms with Gasteiger partial charge in [-0.05, 0) is 30.9 Å². The van der Waals surface area contributed by atoms with E-state index in [0.29, 0.717) is 6.42 Å². The van der Waals surface area contributed by atoms with Crippen LogP contribution in [0, 0.1) is 17.6 Å². The molecule has 2 rings (SSSR count). The fraction of sp³-hybridized carbons (Fsp3) is 0.462. The zero-order chi connectivity index (χ0) is 12.4. The Hall–Kier alpha value is -1.29. The summed E-state index contributed by atoms with van der Waals surface area (Å²) in [5, 5.41) is 0. The first-order valence-electron chi connectivity index (χ1n) is 5.79. The van der Waals surface area contributed by atoms with Crippen LogP contribution in [-0.4, -0.2) is 11.8 Å². The van der Waals surface area contributed by atoms with Crippen LogP contribution in [0.1, 0.15) is 24.8 Å². The fourth-order valence-electron chi connectivity index (χ4n) is 2.33. The van der Waals surface area contributed by atoms with Crippen LogP contribution in [0.3, 0.4) is 0 Å². The molecule has 0 aromatic heterocycles. The minimum Gasteiger partial charge on any atom is -0.328 e. The zero-order valence-electron chi connectivity index (χ0n) is 9.46. The first-order valence-corrected chi connectivity index (χ1v) is 5.79. The number of hydrogen-bond acceptors (Lipinski definition) is 2. The van der Waals surface area contributed by atoms with Gasteiger partial charge >= 0.3 is 0 Å². The Labute approximate surface area is 98.8 Å². The van der Waals surface area contributed by atoms with Crippen LogP contribution in [0.25, 0.3) is 0 Å². The molecule has 2 N–H and O–H groups in total. The predicted octanol–water partition coefficient (Wildman–Crippen LogP) is 2.20. The van der Waals surface area contributed by atoms with Crippen LogP contribution < -0.4 is 5.73 Å². The maximum absolute atomic E-state index is 13.4. The molecule has 2 atom stereocenters. The van der Waals surface area contributed by atoms with Gasteiger partial charge in [0.05, 0.1) is 0 Å². The van der Waals surface area contributed by atoms with E-state index in [1.807, 2.05) is 0 Å². The number of rotatable bonds is 3. The molecule has 0 amide bonds. The van der Waals surface area contributed by atoms with E-state index in [1.54, 1.807) is 0 Å². The molecule has 1 aromatic rings. The zero-order valence-corrected chi connectivity index (χ0v) is 9.46. The highest BCUT2D eigenvalue weighted by molar-refractivity contribution is 5.83. The number of halogens is 2. The van der Waals surface area contributed by atoms with Gasteiger partial charge in [0.2, 0.25) is 0 Å². The lowest BCUT2D eigenvalue weighted by Crippen LogP contribution is -2.19. The van der Waals surface area contributed by atoms with Crippen LogP contribution in [0.5, 0.6) is 0 Å². The highest BCUT2D eigenvalue weighted by Gasteiger charge is 2.28. The van der Waals surface area contributed by atoms with E-state index in [1.165, 1.54) is 12.1 Å². The predicted molar refractivity (Wildman–Crippen MR) is 60.4 cm³/mol. The molecule has 0 radical (unpaired) electrons. The quantitative estimate of drug-likeness (QED) is 0.878. The molecule has 2 unspecified atom stereocenters. The minimum atomic E-state index is -0.914. The van der Waals surface area contributed by atoms with Crippen LogP contribution in [-0.2, 0) is 11.2 Å². The van der Waals surface area contributed by atoms with Crippen molar-refractivity contribution in [2.24, 2.45) is 11.7 Å². The van der Waals surface area contributed by atoms with Crippen LogP contribution in [0.15, 0.2) is 18.2 Å². The second-order valence-electron chi connectivity index (χ2n) is 4.63. The molecule has 1 aromatic carbocycles. The Morgan fingerprint density at radius 2 is 2.12 bits per heavy atom. The average Bonchev–Trinajstić information content (AvgIpc) is 2.72. The van der Waals surface area contributed by atoms with E-state index in [-0.39, 0.29) is 29.7 Å². The van der Waals surface area contributed by atoms with Crippen molar-refractivity contribution in [3.63, 3.8) is 0 Å². The number of ketones is 1. The molecule has 2 nitrogen and oxygen atoms in total. The van der Waals surface area contributed by atoms with Gasteiger partial charge in [0.1, 0.15) is 5.78 Å². The molecule has 1 aliphatic rings. The molecule has 92 valence electrons. The molecule has 0 spiro atoms. The molecule has 17 heavy (non-hydrogen) atoms. The summed E-state index contributed by atoms with van der Waals surface area (Å²) in [6.45, 7) is 0. The van der Waals surface area contributed by atoms with Gasteiger partial charge in [-0.25, -0.2) is 8.78 Å². The summed E-state index contributed by atoms with van der Waals surface area (Å²) in [4.78, 5) is 11.9. The van der Waals surface area contributed by atoms with Gasteiger partial charge < -0.3 is 5.73 Å². The molecule has 4 heteroatoms. The van der Waals surface area contributed by atoms with Gasteiger partial charge in [0, 0.05) is 18.4 Å². The number of carbonyl (C=O) groups is 1. The summed E-state index contributed by atoms with van der Waals surface area (Å²) in [7, 11) is 0. The van der Waals surface area contributed by atoms with Crippen molar-refractivity contribution in [3.05, 3.63) is 35.4 Å². The van der Waals surface area contributed by atoms with Crippen molar-refractivity contribution >= 4 is 5.78 Å². The lowest BCUT2D eigenvalue weighted by Gasteiger charge is -2.09. The van der Waals surface area contributed by atoms with Crippen molar-refractivity contribution in [1.29, 1.82) is 0 Å². The molecular formula is C13H15F2NO. The summed E-state index contributed by atoms with van der Waals surface area (Å²) >= 11 is 0. The van der Waals surface area contributed by atoms with Crippen molar-refractivity contribution in [3.8, 4) is 0 Å². The Morgan fingerprint density at radius 3 is 2.76 bits per heavy atom. The van der Waals surface area contributed by atoms with Crippen molar-refractivity contribution in [1.82, 2.24) is 0 Å². The van der Waals surface area contributed by atoms with E-state index >= 15 is 0 Å². The minimum absolute atomic E-state index is 0.0394. The fourth-order valence-corrected chi connectivity index (χ4v) is 2.33. The number of nitrogens with two attached hydrogens (primary N) is 1. The number of Topliss-reactive ketones (excluding diaryl/α,β-unsaturated/α-hetero) is 1. The van der Waals surface area contributed by atoms with E-state index in [0.717, 1.165) is 18.9 Å². The van der Waals surface area contributed by atoms with E-state index in [9.17, 15) is 13.6 Å². The first kappa shape index (κ1) is 12.2. The van der Waals surface area contributed by atoms with Crippen molar-refractivity contribution < 1.29 is 13.6 Å². The third-order valence-electron chi connectivity index (χ3n) is 3.32. The van der Waals surface area contributed by atoms with Crippen LogP contribution in [0.2, 0.25) is 0 Å². The summed E-state index contributed by atoms with van der Waals surface area (Å²) in [6, 6.07) is 3.99. The van der Waals surface area contributed by atoms with Gasteiger partial charge in [-0.3, -0.25) is 4.79 Å². The van der Waals surface area contributed by atoms with E-state index in [4.69, 9.17) is 5.73 Å². The Bertz CT molecular complexity index is 433. The maximum atomic E-state index is 13.4. The van der Waals surface area contributed by atoms with E-state index in [2.05, 4.69) is 0 Å².